The fourth-order valence-corrected chi connectivity index (χ4v) is 12.9. The van der Waals surface area contributed by atoms with E-state index in [1.165, 1.54) is 145 Å². The minimum absolute atomic E-state index is 0.0470. The summed E-state index contributed by atoms with van der Waals surface area (Å²) in [7, 11) is 0. The highest BCUT2D eigenvalue weighted by atomic mass is 32.2. The van der Waals surface area contributed by atoms with Crippen molar-refractivity contribution >= 4 is 70.0 Å². The van der Waals surface area contributed by atoms with Gasteiger partial charge in [0.25, 0.3) is 0 Å². The first-order valence-corrected chi connectivity index (χ1v) is 39.8. The van der Waals surface area contributed by atoms with Gasteiger partial charge in [0, 0.05) is 62.3 Å². The average Bonchev–Trinajstić information content (AvgIpc) is 1.64. The van der Waals surface area contributed by atoms with Gasteiger partial charge >= 0.3 is 17.6 Å². The summed E-state index contributed by atoms with van der Waals surface area (Å²) in [5.74, 6) is -0.545. The molecule has 97 heavy (non-hydrogen) atoms. The van der Waals surface area contributed by atoms with Gasteiger partial charge in [-0.1, -0.05) is 238 Å². The van der Waals surface area contributed by atoms with E-state index in [2.05, 4.69) is 57.0 Å². The number of hydrogen-bond acceptors (Lipinski definition) is 17. The van der Waals surface area contributed by atoms with Gasteiger partial charge < -0.3 is 52.9 Å². The standard InChI is InChI=1S/C76H133N11O9S/c1-4-7-10-12-14-16-18-20-22-24-28-32-36-44-69(91)95-58-63(96-70(92)45-37-33-29-25-23-21-19-17-15-13-11-8-5-2)59-97-60-64(78)74(93)81-56-40-38-42-65(67(89)43-35-31-27-26-30-34-39-53-80-54-41-52-77)83-68(90)51-50-66(88)62-48-46-61(47-49-62)57-87-73-71(84-76(87)94)72(79)85-75(86-73)82-55-9-6-3/h46-49,63-65,80H,4-45,50-60,77-78H2,1-3H3,(H,81,93)(H,83,90)(H,84,94)(H3,79,82,85,86)/t63?,64-,65-/m0/s1. The van der Waals surface area contributed by atoms with E-state index in [1.54, 1.807) is 24.3 Å². The lowest BCUT2D eigenvalue weighted by atomic mass is 9.99. The fraction of sp³-hybridized carbons (Fsp3) is 0.776. The maximum Gasteiger partial charge on any atom is 0.328 e. The highest BCUT2D eigenvalue weighted by Crippen LogP contribution is 2.21. The van der Waals surface area contributed by atoms with Crippen molar-refractivity contribution < 1.29 is 38.2 Å². The zero-order chi connectivity index (χ0) is 70.2. The van der Waals surface area contributed by atoms with E-state index in [9.17, 15) is 33.6 Å². The van der Waals surface area contributed by atoms with Gasteiger partial charge in [0.1, 0.15) is 18.2 Å². The van der Waals surface area contributed by atoms with Crippen LogP contribution in [0.15, 0.2) is 29.1 Å². The number of benzene rings is 1. The molecule has 1 unspecified atom stereocenters. The number of unbranched alkanes of at least 4 members (excludes halogenated alkanes) is 32. The van der Waals surface area contributed by atoms with Crippen LogP contribution in [-0.2, 0) is 40.0 Å². The van der Waals surface area contributed by atoms with Crippen molar-refractivity contribution in [3.63, 3.8) is 0 Å². The molecule has 11 N–H and O–H groups in total. The van der Waals surface area contributed by atoms with Gasteiger partial charge in [0.15, 0.2) is 23.0 Å². The third-order valence-corrected chi connectivity index (χ3v) is 19.3. The molecule has 0 aliphatic heterocycles. The van der Waals surface area contributed by atoms with Crippen molar-refractivity contribution in [1.29, 1.82) is 0 Å². The number of nitrogens with zero attached hydrogens (tertiary/aromatic N) is 3. The molecular weight excluding hydrogens is 1240 g/mol. The number of nitrogens with two attached hydrogens (primary N) is 3. The van der Waals surface area contributed by atoms with E-state index in [0.717, 1.165) is 115 Å². The molecule has 552 valence electrons. The molecule has 0 saturated heterocycles. The summed E-state index contributed by atoms with van der Waals surface area (Å²) in [6.45, 7) is 10.3. The lowest BCUT2D eigenvalue weighted by molar-refractivity contribution is -0.157. The van der Waals surface area contributed by atoms with Crippen LogP contribution < -0.4 is 44.2 Å². The quantitative estimate of drug-likeness (QED) is 0.0148. The first kappa shape index (κ1) is 85.8. The first-order valence-electron chi connectivity index (χ1n) is 38.6. The zero-order valence-corrected chi connectivity index (χ0v) is 61.5. The molecular formula is C76H133N11O9S. The van der Waals surface area contributed by atoms with Crippen LogP contribution in [-0.4, -0.2) is 124 Å². The number of fused-ring (bicyclic) bond motifs is 1. The monoisotopic (exact) mass is 1380 g/mol. The van der Waals surface area contributed by atoms with Crippen LogP contribution in [0.2, 0.25) is 0 Å². The Morgan fingerprint density at radius 2 is 1.08 bits per heavy atom. The van der Waals surface area contributed by atoms with Crippen LogP contribution in [0.1, 0.15) is 319 Å². The number of thioether (sulfide) groups is 1. The Balaban J connectivity index is 1.49. The average molecular weight is 1380 g/mol. The van der Waals surface area contributed by atoms with E-state index in [1.807, 2.05) is 0 Å². The Labute approximate surface area is 588 Å². The van der Waals surface area contributed by atoms with Crippen molar-refractivity contribution in [1.82, 2.24) is 35.5 Å². The molecule has 0 fully saturated rings. The van der Waals surface area contributed by atoms with E-state index in [4.69, 9.17) is 26.7 Å². The molecule has 3 atom stereocenters. The van der Waals surface area contributed by atoms with E-state index < -0.39 is 29.8 Å². The number of anilines is 2. The molecule has 0 aliphatic carbocycles. The molecule has 3 rings (SSSR count). The lowest BCUT2D eigenvalue weighted by Crippen LogP contribution is -2.43. The number of amides is 2. The van der Waals surface area contributed by atoms with Crippen molar-refractivity contribution in [2.75, 3.05) is 61.9 Å². The molecule has 21 heteroatoms. The van der Waals surface area contributed by atoms with E-state index >= 15 is 0 Å². The van der Waals surface area contributed by atoms with Gasteiger partial charge in [-0.3, -0.25) is 33.3 Å². The molecule has 2 aromatic heterocycles. The molecule has 0 bridgehead atoms. The molecule has 3 aromatic rings. The highest BCUT2D eigenvalue weighted by Gasteiger charge is 2.23. The second-order valence-electron chi connectivity index (χ2n) is 27.0. The number of rotatable bonds is 66. The Kier molecular flexibility index (Phi) is 50.8. The maximum atomic E-state index is 13.8. The number of imidazole rings is 1. The molecule has 20 nitrogen and oxygen atoms in total. The molecule has 0 saturated carbocycles. The van der Waals surface area contributed by atoms with Crippen LogP contribution >= 0.6 is 11.8 Å². The maximum absolute atomic E-state index is 13.8. The summed E-state index contributed by atoms with van der Waals surface area (Å²) in [4.78, 5) is 105. The Hall–Kier alpha value is -5.38. The SMILES string of the molecule is CCCCCCCCCCCCCCCC(=O)OCC(CSC[C@H](N)C(=O)NCCCC[C@H](NC(=O)CCC(=O)c1ccc(Cn2c(=O)[nH]c3c(N)nc(NCCCC)nc32)cc1)C(=O)CCCCCCCCCNCCCN)OC(=O)CCCCCCCCCCCCCCC. The number of nitrogen functional groups attached to an aromatic ring is 1. The summed E-state index contributed by atoms with van der Waals surface area (Å²) >= 11 is 1.38. The number of ether oxygens (including phenoxy) is 2. The largest absolute Gasteiger partial charge is 0.462 e. The number of nitrogens with one attached hydrogen (secondary N) is 5. The third-order valence-electron chi connectivity index (χ3n) is 18.1. The van der Waals surface area contributed by atoms with Crippen LogP contribution in [0.3, 0.4) is 0 Å². The molecule has 1 aromatic carbocycles. The normalized spacial score (nSPS) is 12.4. The van der Waals surface area contributed by atoms with Gasteiger partial charge in [0.05, 0.1) is 18.6 Å². The van der Waals surface area contributed by atoms with Gasteiger partial charge in [-0.25, -0.2) is 4.79 Å². The molecule has 2 amide bonds. The van der Waals surface area contributed by atoms with Crippen LogP contribution in [0.5, 0.6) is 0 Å². The minimum atomic E-state index is -0.846. The van der Waals surface area contributed by atoms with Gasteiger partial charge in [-0.05, 0) is 83.0 Å². The Morgan fingerprint density at radius 3 is 1.65 bits per heavy atom. The summed E-state index contributed by atoms with van der Waals surface area (Å²) < 4.78 is 13.1. The number of hydrogen-bond donors (Lipinski definition) is 8. The zero-order valence-electron chi connectivity index (χ0n) is 60.7. The minimum Gasteiger partial charge on any atom is -0.462 e. The number of carbonyl (C=O) groups is 6. The smallest absolute Gasteiger partial charge is 0.328 e. The number of Topliss-reactive ketones (excluding diaryl/α,β-unsaturated/α-hetero) is 2. The second kappa shape index (κ2) is 57.4. The molecule has 2 heterocycles. The topological polar surface area (TPSA) is 311 Å². The summed E-state index contributed by atoms with van der Waals surface area (Å²) in [5.41, 5.74) is 19.7. The number of ketones is 2. The highest BCUT2D eigenvalue weighted by molar-refractivity contribution is 7.99. The van der Waals surface area contributed by atoms with Crippen molar-refractivity contribution in [2.45, 2.75) is 328 Å². The second-order valence-corrected chi connectivity index (χ2v) is 28.0. The van der Waals surface area contributed by atoms with Crippen molar-refractivity contribution in [3.05, 3.63) is 45.9 Å². The lowest BCUT2D eigenvalue weighted by Gasteiger charge is -2.19. The Morgan fingerprint density at radius 1 is 0.567 bits per heavy atom. The predicted octanol–water partition coefficient (Wildman–Crippen LogP) is 14.8. The Bertz CT molecular complexity index is 2620. The predicted molar refractivity (Wildman–Crippen MR) is 399 cm³/mol. The summed E-state index contributed by atoms with van der Waals surface area (Å²) in [6.07, 6.45) is 43.2. The summed E-state index contributed by atoms with van der Waals surface area (Å²) in [6, 6.07) is 5.29. The summed E-state index contributed by atoms with van der Waals surface area (Å²) in [5, 5.41) is 12.5. The molecule has 0 radical (unpaired) electrons. The fourth-order valence-electron chi connectivity index (χ4n) is 12.0. The molecule has 0 aliphatic rings. The number of carbonyl (C=O) groups excluding carboxylic acids is 6. The number of aromatic amines is 1. The van der Waals surface area contributed by atoms with Crippen LogP contribution in [0.4, 0.5) is 11.8 Å². The van der Waals surface area contributed by atoms with Crippen molar-refractivity contribution in [3.8, 4) is 0 Å². The number of H-pyrrole nitrogens is 1. The van der Waals surface area contributed by atoms with Crippen molar-refractivity contribution in [2.24, 2.45) is 11.5 Å². The first-order chi connectivity index (χ1) is 47.3. The number of esters is 2. The van der Waals surface area contributed by atoms with E-state index in [-0.39, 0.29) is 67.0 Å². The molecule has 0 spiro atoms. The van der Waals surface area contributed by atoms with E-state index in [0.29, 0.717) is 93.0 Å². The van der Waals surface area contributed by atoms with Gasteiger partial charge in [0.2, 0.25) is 17.8 Å². The number of aromatic nitrogens is 4. The van der Waals surface area contributed by atoms with Crippen LogP contribution in [0, 0.1) is 0 Å². The van der Waals surface area contributed by atoms with Crippen LogP contribution in [0.25, 0.3) is 11.2 Å². The third kappa shape index (κ3) is 42.4. The van der Waals surface area contributed by atoms with Gasteiger partial charge in [-0.15, -0.1) is 0 Å². The van der Waals surface area contributed by atoms with Gasteiger partial charge in [-0.2, -0.15) is 21.7 Å².